The molecule has 1 fully saturated rings. The van der Waals surface area contributed by atoms with Crippen molar-refractivity contribution in [2.24, 2.45) is 5.92 Å². The van der Waals surface area contributed by atoms with Crippen LogP contribution >= 0.6 is 46.4 Å². The van der Waals surface area contributed by atoms with E-state index in [0.29, 0.717) is 6.07 Å². The van der Waals surface area contributed by atoms with Gasteiger partial charge in [-0.3, -0.25) is 9.59 Å². The van der Waals surface area contributed by atoms with Gasteiger partial charge in [0.1, 0.15) is 32.6 Å². The van der Waals surface area contributed by atoms with Crippen LogP contribution in [-0.2, 0) is 4.79 Å². The predicted octanol–water partition coefficient (Wildman–Crippen LogP) is 7.33. The second-order valence-electron chi connectivity index (χ2n) is 7.66. The van der Waals surface area contributed by atoms with Gasteiger partial charge in [0.25, 0.3) is 5.91 Å². The monoisotopic (exact) mass is 564 g/mol. The molecule has 2 amide bonds. The number of rotatable bonds is 5. The number of carbonyl (C=O) groups is 2. The topological polar surface area (TPSA) is 58.2 Å². The Labute approximate surface area is 216 Å². The van der Waals surface area contributed by atoms with E-state index in [2.05, 4.69) is 10.6 Å². The number of carbonyl (C=O) groups excluding carboxylic acids is 2. The zero-order chi connectivity index (χ0) is 25.7. The first-order chi connectivity index (χ1) is 16.4. The number of hydrogen-bond acceptors (Lipinski definition) is 2. The first kappa shape index (κ1) is 25.6. The van der Waals surface area contributed by atoms with Gasteiger partial charge in [-0.1, -0.05) is 29.3 Å². The predicted molar refractivity (Wildman–Crippen MR) is 126 cm³/mol. The normalized spacial score (nSPS) is 18.2. The maximum atomic E-state index is 14.4. The third-order valence-electron chi connectivity index (χ3n) is 5.39. The molecule has 4 rings (SSSR count). The van der Waals surface area contributed by atoms with E-state index >= 15 is 0 Å². The minimum Gasteiger partial charge on any atom is -0.326 e. The molecular weight excluding hydrogens is 554 g/mol. The van der Waals surface area contributed by atoms with E-state index in [1.807, 2.05) is 0 Å². The first-order valence-corrected chi connectivity index (χ1v) is 11.3. The fraction of sp³-hybridized carbons (Fsp3) is 0.130. The smallest absolute Gasteiger partial charge is 0.257 e. The van der Waals surface area contributed by atoms with E-state index < -0.39 is 56.3 Å². The molecule has 0 radical (unpaired) electrons. The standard InChI is InChI=1S/C23H12Cl4F4N2O2/c24-13-4-2-10(8-12(13)21(34)33-16-6-1-9(28)7-15(16)30)32-22(35)18-17(23(18,26)27)11-3-5-14(29)19(25)20(11)31/h1-8,17-18H,(H,32,35)(H,33,34)/t17-,18-/m1/s1. The van der Waals surface area contributed by atoms with Gasteiger partial charge in [-0.15, -0.1) is 23.2 Å². The zero-order valence-corrected chi connectivity index (χ0v) is 20.1. The second kappa shape index (κ2) is 9.50. The third-order valence-corrected chi connectivity index (χ3v) is 7.01. The van der Waals surface area contributed by atoms with E-state index in [1.54, 1.807) is 0 Å². The van der Waals surface area contributed by atoms with Crippen molar-refractivity contribution in [3.63, 3.8) is 0 Å². The highest BCUT2D eigenvalue weighted by Gasteiger charge is 2.68. The van der Waals surface area contributed by atoms with Gasteiger partial charge in [-0.05, 0) is 42.0 Å². The van der Waals surface area contributed by atoms with Crippen molar-refractivity contribution in [2.75, 3.05) is 10.6 Å². The third kappa shape index (κ3) is 4.93. The van der Waals surface area contributed by atoms with Crippen molar-refractivity contribution in [3.8, 4) is 0 Å². The number of benzene rings is 3. The lowest BCUT2D eigenvalue weighted by Gasteiger charge is -2.11. The van der Waals surface area contributed by atoms with Crippen molar-refractivity contribution >= 4 is 69.6 Å². The SMILES string of the molecule is O=C(Nc1ccc(F)cc1F)c1cc(NC(=O)[C@H]2[C@@H](c3ccc(F)c(Cl)c3F)C2(Cl)Cl)ccc1Cl. The van der Waals surface area contributed by atoms with Crippen LogP contribution in [0.15, 0.2) is 48.5 Å². The average molecular weight is 566 g/mol. The van der Waals surface area contributed by atoms with E-state index in [4.69, 9.17) is 46.4 Å². The minimum absolute atomic E-state index is 0.0145. The molecule has 2 N–H and O–H groups in total. The van der Waals surface area contributed by atoms with E-state index in [9.17, 15) is 27.2 Å². The number of alkyl halides is 2. The summed E-state index contributed by atoms with van der Waals surface area (Å²) >= 11 is 24.1. The Morgan fingerprint density at radius 1 is 0.857 bits per heavy atom. The number of anilines is 2. The Hall–Kier alpha value is -2.52. The van der Waals surface area contributed by atoms with Crippen molar-refractivity contribution in [2.45, 2.75) is 10.3 Å². The molecule has 0 unspecified atom stereocenters. The van der Waals surface area contributed by atoms with Gasteiger partial charge in [-0.2, -0.15) is 0 Å². The second-order valence-corrected chi connectivity index (χ2v) is 9.89. The summed E-state index contributed by atoms with van der Waals surface area (Å²) in [6, 6.07) is 8.55. The summed E-state index contributed by atoms with van der Waals surface area (Å²) in [5.74, 6) is -7.53. The number of amides is 2. The lowest BCUT2D eigenvalue weighted by Crippen LogP contribution is -2.18. The van der Waals surface area contributed by atoms with Gasteiger partial charge >= 0.3 is 0 Å². The van der Waals surface area contributed by atoms with Crippen LogP contribution in [0.25, 0.3) is 0 Å². The fourth-order valence-corrected chi connectivity index (χ4v) is 4.79. The molecule has 0 aromatic heterocycles. The van der Waals surface area contributed by atoms with Crippen molar-refractivity contribution < 1.29 is 27.2 Å². The summed E-state index contributed by atoms with van der Waals surface area (Å²) in [6.07, 6.45) is 0. The van der Waals surface area contributed by atoms with Gasteiger partial charge in [0.15, 0.2) is 0 Å². The quantitative estimate of drug-likeness (QED) is 0.193. The molecule has 35 heavy (non-hydrogen) atoms. The Bertz CT molecular complexity index is 1370. The van der Waals surface area contributed by atoms with Crippen molar-refractivity contribution in [3.05, 3.63) is 93.0 Å². The fourth-order valence-electron chi connectivity index (χ4n) is 3.60. The molecule has 2 atom stereocenters. The number of hydrogen-bond donors (Lipinski definition) is 2. The summed E-state index contributed by atoms with van der Waals surface area (Å²) < 4.78 is 53.2. The van der Waals surface area contributed by atoms with Gasteiger partial charge in [0.2, 0.25) is 5.91 Å². The van der Waals surface area contributed by atoms with Crippen LogP contribution in [0.3, 0.4) is 0 Å². The molecule has 12 heteroatoms. The lowest BCUT2D eigenvalue weighted by atomic mass is 10.1. The molecule has 1 aliphatic rings. The maximum Gasteiger partial charge on any atom is 0.257 e. The highest BCUT2D eigenvalue weighted by atomic mass is 35.5. The van der Waals surface area contributed by atoms with Gasteiger partial charge in [0, 0.05) is 17.7 Å². The van der Waals surface area contributed by atoms with E-state index in [-0.39, 0.29) is 27.5 Å². The maximum absolute atomic E-state index is 14.4. The molecule has 3 aromatic carbocycles. The number of halogens is 8. The Morgan fingerprint density at radius 3 is 2.26 bits per heavy atom. The average Bonchev–Trinajstić information content (AvgIpc) is 3.36. The minimum atomic E-state index is -1.70. The van der Waals surface area contributed by atoms with Crippen LogP contribution in [0.2, 0.25) is 10.0 Å². The molecule has 0 bridgehead atoms. The Kier molecular flexibility index (Phi) is 6.94. The van der Waals surface area contributed by atoms with E-state index in [0.717, 1.165) is 24.3 Å². The molecule has 1 aliphatic carbocycles. The molecule has 0 heterocycles. The molecule has 0 saturated heterocycles. The Balaban J connectivity index is 1.53. The van der Waals surface area contributed by atoms with Crippen LogP contribution in [-0.4, -0.2) is 16.1 Å². The van der Waals surface area contributed by atoms with E-state index in [1.165, 1.54) is 18.2 Å². The van der Waals surface area contributed by atoms with Crippen molar-refractivity contribution in [1.29, 1.82) is 0 Å². The molecule has 3 aromatic rings. The molecular formula is C23H12Cl4F4N2O2. The summed E-state index contributed by atoms with van der Waals surface area (Å²) in [5, 5.41) is 4.01. The van der Waals surface area contributed by atoms with Crippen LogP contribution in [0.1, 0.15) is 21.8 Å². The molecule has 4 nitrogen and oxygen atoms in total. The highest BCUT2D eigenvalue weighted by Crippen LogP contribution is 2.65. The van der Waals surface area contributed by atoms with Crippen LogP contribution in [0.4, 0.5) is 28.9 Å². The molecule has 0 aliphatic heterocycles. The summed E-state index contributed by atoms with van der Waals surface area (Å²) in [5.41, 5.74) is -0.424. The molecule has 182 valence electrons. The summed E-state index contributed by atoms with van der Waals surface area (Å²) in [7, 11) is 0. The summed E-state index contributed by atoms with van der Waals surface area (Å²) in [4.78, 5) is 25.4. The van der Waals surface area contributed by atoms with Crippen molar-refractivity contribution in [1.82, 2.24) is 0 Å². The molecule has 0 spiro atoms. The summed E-state index contributed by atoms with van der Waals surface area (Å²) in [6.45, 7) is 0. The Morgan fingerprint density at radius 2 is 1.57 bits per heavy atom. The first-order valence-electron chi connectivity index (χ1n) is 9.79. The largest absolute Gasteiger partial charge is 0.326 e. The van der Waals surface area contributed by atoms with Crippen LogP contribution < -0.4 is 10.6 Å². The lowest BCUT2D eigenvalue weighted by molar-refractivity contribution is -0.117. The van der Waals surface area contributed by atoms with Crippen LogP contribution in [0.5, 0.6) is 0 Å². The van der Waals surface area contributed by atoms with Gasteiger partial charge in [0.05, 0.1) is 22.2 Å². The van der Waals surface area contributed by atoms with Crippen LogP contribution in [0, 0.1) is 29.2 Å². The zero-order valence-electron chi connectivity index (χ0n) is 17.1. The number of nitrogens with one attached hydrogen (secondary N) is 2. The molecule has 1 saturated carbocycles. The van der Waals surface area contributed by atoms with Gasteiger partial charge in [-0.25, -0.2) is 17.6 Å². The highest BCUT2D eigenvalue weighted by molar-refractivity contribution is 6.53. The van der Waals surface area contributed by atoms with Gasteiger partial charge < -0.3 is 10.6 Å².